The number of ketones is 1. The van der Waals surface area contributed by atoms with Gasteiger partial charge in [-0.05, 0) is 36.8 Å². The van der Waals surface area contributed by atoms with Crippen molar-refractivity contribution < 1.29 is 9.59 Å². The molecule has 2 aliphatic rings. The quantitative estimate of drug-likeness (QED) is 0.649. The third-order valence-corrected chi connectivity index (χ3v) is 6.88. The van der Waals surface area contributed by atoms with Gasteiger partial charge in [0, 0.05) is 22.8 Å². The first kappa shape index (κ1) is 16.4. The highest BCUT2D eigenvalue weighted by atomic mass is 35.5. The SMILES string of the molecule is CC(=O)Sc1cc2c(c(Cl)c1Cl)C(=O)[C@](C)(C1CCCC1)C2. The van der Waals surface area contributed by atoms with Crippen LogP contribution in [0.3, 0.4) is 0 Å². The number of carbonyl (C=O) groups is 2. The molecule has 1 aromatic carbocycles. The fourth-order valence-electron chi connectivity index (χ4n) is 3.92. The molecule has 0 spiro atoms. The van der Waals surface area contributed by atoms with Crippen LogP contribution in [0.2, 0.25) is 10.0 Å². The van der Waals surface area contributed by atoms with Gasteiger partial charge in [0.1, 0.15) is 0 Å². The van der Waals surface area contributed by atoms with Gasteiger partial charge in [0.05, 0.1) is 10.0 Å². The summed E-state index contributed by atoms with van der Waals surface area (Å²) in [7, 11) is 0. The number of thioether (sulfide) groups is 1. The highest BCUT2D eigenvalue weighted by Gasteiger charge is 2.49. The van der Waals surface area contributed by atoms with Crippen LogP contribution in [-0.4, -0.2) is 10.9 Å². The molecule has 1 aromatic rings. The summed E-state index contributed by atoms with van der Waals surface area (Å²) in [5, 5.41) is 0.597. The van der Waals surface area contributed by atoms with Crippen molar-refractivity contribution in [2.45, 2.75) is 50.8 Å². The standard InChI is InChI=1S/C17H18Cl2O2S/c1-9(20)22-12-7-10-8-17(2,11-5-3-4-6-11)16(21)13(10)15(19)14(12)18/h7,11H,3-6,8H2,1-2H3/t17-/m0/s1. The van der Waals surface area contributed by atoms with E-state index in [-0.39, 0.29) is 16.3 Å². The summed E-state index contributed by atoms with van der Waals surface area (Å²) in [6.07, 6.45) is 5.31. The number of halogens is 2. The van der Waals surface area contributed by atoms with Crippen LogP contribution >= 0.6 is 35.0 Å². The molecule has 3 rings (SSSR count). The van der Waals surface area contributed by atoms with Gasteiger partial charge in [-0.15, -0.1) is 0 Å². The zero-order valence-electron chi connectivity index (χ0n) is 12.7. The zero-order chi connectivity index (χ0) is 16.1. The van der Waals surface area contributed by atoms with Crippen molar-refractivity contribution in [2.75, 3.05) is 0 Å². The average Bonchev–Trinajstić information content (AvgIpc) is 3.05. The van der Waals surface area contributed by atoms with Crippen LogP contribution in [0, 0.1) is 11.3 Å². The smallest absolute Gasteiger partial charge is 0.190 e. The van der Waals surface area contributed by atoms with E-state index in [9.17, 15) is 9.59 Å². The highest BCUT2D eigenvalue weighted by Crippen LogP contribution is 2.52. The molecule has 0 aromatic heterocycles. The number of benzene rings is 1. The van der Waals surface area contributed by atoms with Crippen molar-refractivity contribution in [3.63, 3.8) is 0 Å². The van der Waals surface area contributed by atoms with Crippen LogP contribution in [0.25, 0.3) is 0 Å². The topological polar surface area (TPSA) is 34.1 Å². The summed E-state index contributed by atoms with van der Waals surface area (Å²) < 4.78 is 0. The molecule has 5 heteroatoms. The Morgan fingerprint density at radius 3 is 2.50 bits per heavy atom. The molecular weight excluding hydrogens is 339 g/mol. The molecule has 1 fully saturated rings. The molecule has 1 atom stereocenters. The van der Waals surface area contributed by atoms with Gasteiger partial charge in [-0.25, -0.2) is 0 Å². The van der Waals surface area contributed by atoms with E-state index in [0.29, 0.717) is 32.8 Å². The van der Waals surface area contributed by atoms with Crippen molar-refractivity contribution in [1.29, 1.82) is 0 Å². The number of carbonyl (C=O) groups excluding carboxylic acids is 2. The molecule has 118 valence electrons. The van der Waals surface area contributed by atoms with Crippen LogP contribution in [-0.2, 0) is 11.2 Å². The van der Waals surface area contributed by atoms with Gasteiger partial charge in [0.15, 0.2) is 10.9 Å². The number of rotatable bonds is 2. The predicted molar refractivity (Wildman–Crippen MR) is 91.1 cm³/mol. The first-order chi connectivity index (χ1) is 10.3. The second kappa shape index (κ2) is 5.85. The maximum atomic E-state index is 13.0. The molecular formula is C17H18Cl2O2S. The molecule has 0 radical (unpaired) electrons. The Bertz CT molecular complexity index is 665. The second-order valence-corrected chi connectivity index (χ2v) is 8.51. The fraction of sp³-hybridized carbons (Fsp3) is 0.529. The highest BCUT2D eigenvalue weighted by molar-refractivity contribution is 8.13. The molecule has 0 saturated heterocycles. The van der Waals surface area contributed by atoms with Crippen LogP contribution in [0.15, 0.2) is 11.0 Å². The predicted octanol–water partition coefficient (Wildman–Crippen LogP) is 5.57. The van der Waals surface area contributed by atoms with E-state index in [0.717, 1.165) is 30.2 Å². The molecule has 0 heterocycles. The van der Waals surface area contributed by atoms with Crippen molar-refractivity contribution in [1.82, 2.24) is 0 Å². The first-order valence-electron chi connectivity index (χ1n) is 7.58. The summed E-state index contributed by atoms with van der Waals surface area (Å²) in [4.78, 5) is 25.0. The lowest BCUT2D eigenvalue weighted by molar-refractivity contribution is -0.109. The van der Waals surface area contributed by atoms with Gasteiger partial charge in [0.25, 0.3) is 0 Å². The van der Waals surface area contributed by atoms with E-state index in [1.54, 1.807) is 0 Å². The van der Waals surface area contributed by atoms with Gasteiger partial charge in [-0.2, -0.15) is 0 Å². The van der Waals surface area contributed by atoms with Gasteiger partial charge >= 0.3 is 0 Å². The largest absolute Gasteiger partial charge is 0.293 e. The van der Waals surface area contributed by atoms with E-state index < -0.39 is 0 Å². The minimum Gasteiger partial charge on any atom is -0.293 e. The Hall–Kier alpha value is -0.510. The minimum atomic E-state index is -0.370. The number of Topliss-reactive ketones (excluding diaryl/α,β-unsaturated/α-hetero) is 1. The summed E-state index contributed by atoms with van der Waals surface area (Å²) in [5.74, 6) is 0.548. The van der Waals surface area contributed by atoms with Crippen molar-refractivity contribution in [2.24, 2.45) is 11.3 Å². The maximum absolute atomic E-state index is 13.0. The second-order valence-electron chi connectivity index (χ2n) is 6.54. The Kier molecular flexibility index (Phi) is 4.34. The maximum Gasteiger partial charge on any atom is 0.190 e. The van der Waals surface area contributed by atoms with Crippen LogP contribution < -0.4 is 0 Å². The molecule has 0 aliphatic heterocycles. The van der Waals surface area contributed by atoms with E-state index in [1.165, 1.54) is 19.8 Å². The molecule has 0 amide bonds. The number of fused-ring (bicyclic) bond motifs is 1. The monoisotopic (exact) mass is 356 g/mol. The average molecular weight is 357 g/mol. The molecule has 22 heavy (non-hydrogen) atoms. The zero-order valence-corrected chi connectivity index (χ0v) is 15.0. The Morgan fingerprint density at radius 1 is 1.27 bits per heavy atom. The van der Waals surface area contributed by atoms with Gasteiger partial charge in [-0.3, -0.25) is 9.59 Å². The summed E-state index contributed by atoms with van der Waals surface area (Å²) >= 11 is 13.7. The van der Waals surface area contributed by atoms with E-state index in [1.807, 2.05) is 6.07 Å². The van der Waals surface area contributed by atoms with Crippen LogP contribution in [0.4, 0.5) is 0 Å². The third kappa shape index (κ3) is 2.51. The Morgan fingerprint density at radius 2 is 1.91 bits per heavy atom. The third-order valence-electron chi connectivity index (χ3n) is 5.07. The molecule has 0 unspecified atom stereocenters. The van der Waals surface area contributed by atoms with Crippen molar-refractivity contribution >= 4 is 45.9 Å². The summed E-state index contributed by atoms with van der Waals surface area (Å²) in [5.41, 5.74) is 1.15. The molecule has 0 N–H and O–H groups in total. The fourth-order valence-corrected chi connectivity index (χ4v) is 5.25. The van der Waals surface area contributed by atoms with E-state index in [4.69, 9.17) is 23.2 Å². The Labute approximate surface area is 144 Å². The van der Waals surface area contributed by atoms with Crippen molar-refractivity contribution in [3.05, 3.63) is 27.2 Å². The number of hydrogen-bond donors (Lipinski definition) is 0. The van der Waals surface area contributed by atoms with E-state index in [2.05, 4.69) is 6.92 Å². The van der Waals surface area contributed by atoms with Gasteiger partial charge < -0.3 is 0 Å². The first-order valence-corrected chi connectivity index (χ1v) is 9.16. The lowest BCUT2D eigenvalue weighted by Gasteiger charge is -2.29. The van der Waals surface area contributed by atoms with E-state index >= 15 is 0 Å². The normalized spacial score (nSPS) is 24.8. The van der Waals surface area contributed by atoms with Crippen LogP contribution in [0.1, 0.15) is 55.5 Å². The summed E-state index contributed by atoms with van der Waals surface area (Å²) in [6.45, 7) is 3.56. The van der Waals surface area contributed by atoms with Gasteiger partial charge in [-0.1, -0.05) is 54.7 Å². The van der Waals surface area contributed by atoms with Crippen LogP contribution in [0.5, 0.6) is 0 Å². The van der Waals surface area contributed by atoms with Crippen molar-refractivity contribution in [3.8, 4) is 0 Å². The Balaban J connectivity index is 2.05. The summed E-state index contributed by atoms with van der Waals surface area (Å²) in [6, 6.07) is 1.88. The van der Waals surface area contributed by atoms with Gasteiger partial charge in [0.2, 0.25) is 0 Å². The lowest BCUT2D eigenvalue weighted by Crippen LogP contribution is -2.32. The molecule has 2 nitrogen and oxygen atoms in total. The molecule has 1 saturated carbocycles. The number of hydrogen-bond acceptors (Lipinski definition) is 3. The lowest BCUT2D eigenvalue weighted by atomic mass is 9.73. The minimum absolute atomic E-state index is 0.0409. The molecule has 2 aliphatic carbocycles. The molecule has 0 bridgehead atoms.